The first-order valence-electron chi connectivity index (χ1n) is 6.20. The maximum atomic E-state index is 13.1. The van der Waals surface area contributed by atoms with Gasteiger partial charge in [-0.05, 0) is 30.7 Å². The minimum Gasteiger partial charge on any atom is -0.395 e. The number of halogens is 3. The van der Waals surface area contributed by atoms with Crippen molar-refractivity contribution >= 4 is 5.69 Å². The standard InChI is InChI=1S/C14H11F3N2O2/c1-8(9-4-10(15)7-18-6-9)19-11-2-3-12-13(5-11)21-14(16,17)20-12/h2-8,19H,1H3. The van der Waals surface area contributed by atoms with Gasteiger partial charge >= 0.3 is 6.29 Å². The summed E-state index contributed by atoms with van der Waals surface area (Å²) < 4.78 is 47.7. The number of rotatable bonds is 3. The quantitative estimate of drug-likeness (QED) is 0.937. The topological polar surface area (TPSA) is 43.4 Å². The number of nitrogens with one attached hydrogen (secondary N) is 1. The molecular formula is C14H11F3N2O2. The van der Waals surface area contributed by atoms with Crippen molar-refractivity contribution in [1.29, 1.82) is 0 Å². The van der Waals surface area contributed by atoms with Crippen LogP contribution in [0.25, 0.3) is 0 Å². The monoisotopic (exact) mass is 296 g/mol. The van der Waals surface area contributed by atoms with E-state index in [1.807, 2.05) is 0 Å². The van der Waals surface area contributed by atoms with Crippen molar-refractivity contribution < 1.29 is 22.6 Å². The highest BCUT2D eigenvalue weighted by Gasteiger charge is 2.43. The molecule has 1 aliphatic rings. The molecule has 1 atom stereocenters. The zero-order valence-corrected chi connectivity index (χ0v) is 10.9. The maximum absolute atomic E-state index is 13.1. The molecule has 7 heteroatoms. The zero-order valence-electron chi connectivity index (χ0n) is 10.9. The maximum Gasteiger partial charge on any atom is 0.586 e. The summed E-state index contributed by atoms with van der Waals surface area (Å²) in [6, 6.07) is 5.46. The molecule has 1 aliphatic heterocycles. The van der Waals surface area contributed by atoms with Crippen LogP contribution in [0.3, 0.4) is 0 Å². The number of alkyl halides is 2. The summed E-state index contributed by atoms with van der Waals surface area (Å²) in [4.78, 5) is 3.76. The molecule has 3 rings (SSSR count). The SMILES string of the molecule is CC(Nc1ccc2c(c1)OC(F)(F)O2)c1cncc(F)c1. The zero-order chi connectivity index (χ0) is 15.0. The number of ether oxygens (including phenoxy) is 2. The highest BCUT2D eigenvalue weighted by atomic mass is 19.3. The van der Waals surface area contributed by atoms with Gasteiger partial charge in [-0.2, -0.15) is 0 Å². The average molecular weight is 296 g/mol. The fourth-order valence-corrected chi connectivity index (χ4v) is 2.04. The summed E-state index contributed by atoms with van der Waals surface area (Å²) >= 11 is 0. The van der Waals surface area contributed by atoms with E-state index in [0.717, 1.165) is 6.20 Å². The van der Waals surface area contributed by atoms with Crippen LogP contribution >= 0.6 is 0 Å². The molecule has 21 heavy (non-hydrogen) atoms. The first kappa shape index (κ1) is 13.5. The minimum absolute atomic E-state index is 0.0226. The first-order valence-corrected chi connectivity index (χ1v) is 6.20. The summed E-state index contributed by atoms with van der Waals surface area (Å²) in [5, 5.41) is 3.06. The van der Waals surface area contributed by atoms with Crippen LogP contribution in [0, 0.1) is 5.82 Å². The Balaban J connectivity index is 1.77. The molecular weight excluding hydrogens is 285 g/mol. The largest absolute Gasteiger partial charge is 0.586 e. The second-order valence-corrected chi connectivity index (χ2v) is 4.63. The predicted octanol–water partition coefficient (Wildman–Crippen LogP) is 3.72. The smallest absolute Gasteiger partial charge is 0.395 e. The van der Waals surface area contributed by atoms with Gasteiger partial charge in [0.1, 0.15) is 5.82 Å². The van der Waals surface area contributed by atoms with Gasteiger partial charge < -0.3 is 14.8 Å². The van der Waals surface area contributed by atoms with Gasteiger partial charge in [-0.25, -0.2) is 4.39 Å². The molecule has 0 amide bonds. The molecule has 1 aromatic carbocycles. The van der Waals surface area contributed by atoms with Crippen LogP contribution in [0.15, 0.2) is 36.7 Å². The number of aromatic nitrogens is 1. The van der Waals surface area contributed by atoms with Gasteiger partial charge in [-0.3, -0.25) is 4.98 Å². The molecule has 1 aromatic heterocycles. The summed E-state index contributed by atoms with van der Waals surface area (Å²) in [5.74, 6) is -0.508. The Labute approximate surface area is 118 Å². The van der Waals surface area contributed by atoms with Crippen LogP contribution < -0.4 is 14.8 Å². The van der Waals surface area contributed by atoms with E-state index in [1.54, 1.807) is 13.0 Å². The predicted molar refractivity (Wildman–Crippen MR) is 68.9 cm³/mol. The lowest BCUT2D eigenvalue weighted by Crippen LogP contribution is -2.25. The third kappa shape index (κ3) is 2.86. The number of benzene rings is 1. The summed E-state index contributed by atoms with van der Waals surface area (Å²) in [7, 11) is 0. The minimum atomic E-state index is -3.64. The van der Waals surface area contributed by atoms with Crippen LogP contribution in [0.2, 0.25) is 0 Å². The molecule has 4 nitrogen and oxygen atoms in total. The molecule has 0 saturated carbocycles. The Morgan fingerprint density at radius 1 is 1.14 bits per heavy atom. The molecule has 0 spiro atoms. The van der Waals surface area contributed by atoms with Crippen LogP contribution in [-0.4, -0.2) is 11.3 Å². The van der Waals surface area contributed by atoms with E-state index in [2.05, 4.69) is 19.8 Å². The van der Waals surface area contributed by atoms with Crippen LogP contribution in [-0.2, 0) is 0 Å². The molecule has 0 fully saturated rings. The van der Waals surface area contributed by atoms with E-state index >= 15 is 0 Å². The fraction of sp³-hybridized carbons (Fsp3) is 0.214. The number of fused-ring (bicyclic) bond motifs is 1. The second-order valence-electron chi connectivity index (χ2n) is 4.63. The van der Waals surface area contributed by atoms with Crippen molar-refractivity contribution in [1.82, 2.24) is 4.98 Å². The van der Waals surface area contributed by atoms with E-state index in [4.69, 9.17) is 0 Å². The van der Waals surface area contributed by atoms with Crippen molar-refractivity contribution in [3.05, 3.63) is 48.0 Å². The van der Waals surface area contributed by atoms with Crippen molar-refractivity contribution in [2.75, 3.05) is 5.32 Å². The first-order chi connectivity index (χ1) is 9.93. The third-order valence-electron chi connectivity index (χ3n) is 3.01. The Morgan fingerprint density at radius 3 is 2.67 bits per heavy atom. The molecule has 1 N–H and O–H groups in total. The number of pyridine rings is 1. The van der Waals surface area contributed by atoms with Crippen LogP contribution in [0.1, 0.15) is 18.5 Å². The second kappa shape index (κ2) is 4.83. The number of nitrogens with zero attached hydrogens (tertiary/aromatic N) is 1. The van der Waals surface area contributed by atoms with Gasteiger partial charge in [0.15, 0.2) is 11.5 Å². The lowest BCUT2D eigenvalue weighted by molar-refractivity contribution is -0.286. The van der Waals surface area contributed by atoms with Crippen molar-refractivity contribution in [2.45, 2.75) is 19.3 Å². The van der Waals surface area contributed by atoms with Crippen molar-refractivity contribution in [3.63, 3.8) is 0 Å². The Kier molecular flexibility index (Phi) is 3.12. The molecule has 0 bridgehead atoms. The number of hydrogen-bond acceptors (Lipinski definition) is 4. The van der Waals surface area contributed by atoms with Gasteiger partial charge in [-0.15, -0.1) is 8.78 Å². The van der Waals surface area contributed by atoms with Gasteiger partial charge in [0.25, 0.3) is 0 Å². The third-order valence-corrected chi connectivity index (χ3v) is 3.01. The van der Waals surface area contributed by atoms with E-state index in [-0.39, 0.29) is 17.5 Å². The van der Waals surface area contributed by atoms with Gasteiger partial charge in [0.2, 0.25) is 0 Å². The fourth-order valence-electron chi connectivity index (χ4n) is 2.04. The highest BCUT2D eigenvalue weighted by Crippen LogP contribution is 2.42. The van der Waals surface area contributed by atoms with Crippen molar-refractivity contribution in [3.8, 4) is 11.5 Å². The molecule has 0 radical (unpaired) electrons. The molecule has 110 valence electrons. The summed E-state index contributed by atoms with van der Waals surface area (Å²) in [5.41, 5.74) is 1.19. The van der Waals surface area contributed by atoms with Crippen LogP contribution in [0.4, 0.5) is 18.9 Å². The highest BCUT2D eigenvalue weighted by molar-refractivity contribution is 5.56. The number of hydrogen-bond donors (Lipinski definition) is 1. The molecule has 0 saturated heterocycles. The molecule has 2 heterocycles. The summed E-state index contributed by atoms with van der Waals surface area (Å²) in [6.45, 7) is 1.80. The average Bonchev–Trinajstić information content (AvgIpc) is 2.72. The Morgan fingerprint density at radius 2 is 1.90 bits per heavy atom. The Hall–Kier alpha value is -2.44. The lowest BCUT2D eigenvalue weighted by Gasteiger charge is -2.15. The van der Waals surface area contributed by atoms with Gasteiger partial charge in [0, 0.05) is 18.0 Å². The van der Waals surface area contributed by atoms with Crippen molar-refractivity contribution in [2.24, 2.45) is 0 Å². The van der Waals surface area contributed by atoms with E-state index in [9.17, 15) is 13.2 Å². The van der Waals surface area contributed by atoms with Gasteiger partial charge in [0.05, 0.1) is 12.2 Å². The molecule has 2 aromatic rings. The normalized spacial score (nSPS) is 16.6. The Bertz CT molecular complexity index is 679. The van der Waals surface area contributed by atoms with Gasteiger partial charge in [-0.1, -0.05) is 0 Å². The summed E-state index contributed by atoms with van der Waals surface area (Å²) in [6.07, 6.45) is -1.00. The lowest BCUT2D eigenvalue weighted by atomic mass is 10.1. The van der Waals surface area contributed by atoms with Crippen LogP contribution in [0.5, 0.6) is 11.5 Å². The number of anilines is 1. The van der Waals surface area contributed by atoms with E-state index in [0.29, 0.717) is 11.3 Å². The van der Waals surface area contributed by atoms with E-state index in [1.165, 1.54) is 24.4 Å². The molecule has 0 aliphatic carbocycles. The molecule has 1 unspecified atom stereocenters. The van der Waals surface area contributed by atoms with E-state index < -0.39 is 12.1 Å².